The van der Waals surface area contributed by atoms with Crippen molar-refractivity contribution in [3.8, 4) is 0 Å². The minimum Gasteiger partial charge on any atom is -0.348 e. The molecule has 0 saturated carbocycles. The lowest BCUT2D eigenvalue weighted by Crippen LogP contribution is -2.55. The van der Waals surface area contributed by atoms with Gasteiger partial charge in [0.25, 0.3) is 0 Å². The van der Waals surface area contributed by atoms with Crippen LogP contribution in [0.3, 0.4) is 0 Å². The third-order valence-corrected chi connectivity index (χ3v) is 4.86. The molecule has 0 aliphatic rings. The Bertz CT molecular complexity index is 746. The maximum absolute atomic E-state index is 12.6. The molecule has 1 heterocycles. The molecule has 0 fully saturated rings. The molecule has 0 aromatic carbocycles. The number of unbranched alkanes of at least 4 members (excludes halogenated alkanes) is 1. The number of aromatic nitrogens is 2. The number of nitrogens with two attached hydrogens (primary N) is 1. The van der Waals surface area contributed by atoms with E-state index < -0.39 is 41.9 Å². The SMILES string of the molecule is C[C@H](NC(=O)[C@@H](N)Cc1cnc[nH]1)C(=O)N[C@@H](CCCC[N+](C)(C)C)C(=O)N[C@@H](C)C=O. The molecule has 1 aromatic rings. The second kappa shape index (κ2) is 12.9. The van der Waals surface area contributed by atoms with E-state index in [1.54, 1.807) is 13.1 Å². The third kappa shape index (κ3) is 10.5. The minimum atomic E-state index is -0.889. The average Bonchev–Trinajstić information content (AvgIpc) is 3.21. The van der Waals surface area contributed by atoms with Crippen molar-refractivity contribution < 1.29 is 23.7 Å². The molecule has 0 spiro atoms. The molecule has 0 unspecified atom stereocenters. The number of amides is 3. The van der Waals surface area contributed by atoms with E-state index in [2.05, 4.69) is 47.1 Å². The fraction of sp³-hybridized carbons (Fsp3) is 0.667. The molecule has 6 N–H and O–H groups in total. The van der Waals surface area contributed by atoms with Gasteiger partial charge < -0.3 is 35.9 Å². The monoisotopic (exact) mass is 452 g/mol. The Morgan fingerprint density at radius 2 is 1.78 bits per heavy atom. The molecule has 0 radical (unpaired) electrons. The van der Waals surface area contributed by atoms with Crippen LogP contribution >= 0.6 is 0 Å². The second-order valence-corrected chi connectivity index (χ2v) is 9.12. The molecule has 1 rings (SSSR count). The molecule has 11 nitrogen and oxygen atoms in total. The van der Waals surface area contributed by atoms with Crippen LogP contribution in [0.15, 0.2) is 12.5 Å². The third-order valence-electron chi connectivity index (χ3n) is 4.86. The smallest absolute Gasteiger partial charge is 0.243 e. The Hall–Kier alpha value is -2.79. The highest BCUT2D eigenvalue weighted by atomic mass is 16.2. The first-order valence-corrected chi connectivity index (χ1v) is 10.8. The maximum atomic E-state index is 12.6. The minimum absolute atomic E-state index is 0.251. The van der Waals surface area contributed by atoms with Gasteiger partial charge in [-0.1, -0.05) is 0 Å². The van der Waals surface area contributed by atoms with Crippen LogP contribution in [0.2, 0.25) is 0 Å². The molecule has 0 saturated heterocycles. The number of carbonyl (C=O) groups is 4. The van der Waals surface area contributed by atoms with Crippen LogP contribution in [0.4, 0.5) is 0 Å². The Morgan fingerprint density at radius 3 is 2.34 bits per heavy atom. The Morgan fingerprint density at radius 1 is 1.09 bits per heavy atom. The lowest BCUT2D eigenvalue weighted by Gasteiger charge is -2.25. The van der Waals surface area contributed by atoms with Crippen molar-refractivity contribution in [3.63, 3.8) is 0 Å². The zero-order valence-corrected chi connectivity index (χ0v) is 19.7. The first kappa shape index (κ1) is 27.2. The van der Waals surface area contributed by atoms with Crippen molar-refractivity contribution in [2.24, 2.45) is 5.73 Å². The van der Waals surface area contributed by atoms with Gasteiger partial charge in [-0.25, -0.2) is 4.98 Å². The fourth-order valence-electron chi connectivity index (χ4n) is 2.97. The van der Waals surface area contributed by atoms with E-state index in [0.717, 1.165) is 23.9 Å². The summed E-state index contributed by atoms with van der Waals surface area (Å²) in [6.45, 7) is 4.01. The maximum Gasteiger partial charge on any atom is 0.243 e. The molecular formula is C21H38N7O4+. The quantitative estimate of drug-likeness (QED) is 0.136. The number of hydrogen-bond donors (Lipinski definition) is 5. The van der Waals surface area contributed by atoms with E-state index in [1.165, 1.54) is 13.3 Å². The number of rotatable bonds is 14. The van der Waals surface area contributed by atoms with Crippen molar-refractivity contribution in [1.82, 2.24) is 25.9 Å². The summed E-state index contributed by atoms with van der Waals surface area (Å²) in [5, 5.41) is 7.84. The number of carbonyl (C=O) groups excluding carboxylic acids is 4. The Kier molecular flexibility index (Phi) is 11.0. The lowest BCUT2D eigenvalue weighted by molar-refractivity contribution is -0.870. The molecule has 3 amide bonds. The predicted molar refractivity (Wildman–Crippen MR) is 120 cm³/mol. The summed E-state index contributed by atoms with van der Waals surface area (Å²) in [5.41, 5.74) is 6.61. The number of quaternary nitrogens is 1. The van der Waals surface area contributed by atoms with E-state index in [-0.39, 0.29) is 6.42 Å². The Labute approximate surface area is 189 Å². The standard InChI is InChI=1S/C21H37N7O4/c1-14(12-29)25-21(32)18(8-6-7-9-28(3,4)5)27-19(30)15(2)26-20(31)17(22)10-16-11-23-13-24-16/h11-15,17-18H,6-10,22H2,1-5H3,(H3-,23,24,25,26,27,30,31,32)/p+1/t14-,15-,17-,18-/m0/s1. The normalized spacial score (nSPS) is 15.2. The van der Waals surface area contributed by atoms with Crippen LogP contribution in [0.1, 0.15) is 38.8 Å². The molecule has 0 aliphatic carbocycles. The summed E-state index contributed by atoms with van der Waals surface area (Å²) in [5.74, 6) is -1.42. The average molecular weight is 453 g/mol. The van der Waals surface area contributed by atoms with Gasteiger partial charge in [0.1, 0.15) is 18.4 Å². The fourth-order valence-corrected chi connectivity index (χ4v) is 2.97. The number of hydrogen-bond acceptors (Lipinski definition) is 6. The van der Waals surface area contributed by atoms with Crippen LogP contribution in [0.25, 0.3) is 0 Å². The van der Waals surface area contributed by atoms with Crippen LogP contribution in [-0.4, -0.2) is 90.3 Å². The Balaban J connectivity index is 2.65. The van der Waals surface area contributed by atoms with E-state index in [4.69, 9.17) is 5.73 Å². The number of nitrogens with zero attached hydrogens (tertiary/aromatic N) is 2. The molecule has 0 aliphatic heterocycles. The van der Waals surface area contributed by atoms with E-state index in [0.29, 0.717) is 18.4 Å². The predicted octanol–water partition coefficient (Wildman–Crippen LogP) is -1.15. The van der Waals surface area contributed by atoms with Gasteiger partial charge in [-0.3, -0.25) is 14.4 Å². The summed E-state index contributed by atoms with van der Waals surface area (Å²) in [7, 11) is 6.25. The number of imidazole rings is 1. The summed E-state index contributed by atoms with van der Waals surface area (Å²) in [6.07, 6.45) is 5.96. The number of aromatic amines is 1. The largest absolute Gasteiger partial charge is 0.348 e. The van der Waals surface area contributed by atoms with Crippen LogP contribution in [-0.2, 0) is 25.6 Å². The molecule has 0 bridgehead atoms. The summed E-state index contributed by atoms with van der Waals surface area (Å²) in [4.78, 5) is 55.2. The van der Waals surface area contributed by atoms with Gasteiger partial charge in [0.15, 0.2) is 0 Å². The van der Waals surface area contributed by atoms with E-state index >= 15 is 0 Å². The van der Waals surface area contributed by atoms with Gasteiger partial charge >= 0.3 is 0 Å². The number of aldehydes is 1. The highest BCUT2D eigenvalue weighted by molar-refractivity contribution is 5.93. The van der Waals surface area contributed by atoms with Gasteiger partial charge in [0, 0.05) is 18.3 Å². The lowest BCUT2D eigenvalue weighted by atomic mass is 10.1. The molecular weight excluding hydrogens is 414 g/mol. The summed E-state index contributed by atoms with van der Waals surface area (Å²) in [6, 6.07) is -3.21. The molecule has 11 heteroatoms. The highest BCUT2D eigenvalue weighted by Gasteiger charge is 2.26. The van der Waals surface area contributed by atoms with Gasteiger partial charge in [-0.05, 0) is 33.1 Å². The van der Waals surface area contributed by atoms with Crippen LogP contribution < -0.4 is 21.7 Å². The van der Waals surface area contributed by atoms with Crippen molar-refractivity contribution in [1.29, 1.82) is 0 Å². The number of nitrogens with one attached hydrogen (secondary N) is 4. The van der Waals surface area contributed by atoms with Crippen molar-refractivity contribution in [2.75, 3.05) is 27.7 Å². The first-order valence-electron chi connectivity index (χ1n) is 10.8. The van der Waals surface area contributed by atoms with E-state index in [1.807, 2.05) is 0 Å². The highest BCUT2D eigenvalue weighted by Crippen LogP contribution is 2.06. The van der Waals surface area contributed by atoms with Crippen molar-refractivity contribution in [3.05, 3.63) is 18.2 Å². The first-order chi connectivity index (χ1) is 14.9. The molecule has 180 valence electrons. The van der Waals surface area contributed by atoms with Gasteiger partial charge in [0.2, 0.25) is 17.7 Å². The zero-order valence-electron chi connectivity index (χ0n) is 19.7. The van der Waals surface area contributed by atoms with Crippen LogP contribution in [0, 0.1) is 0 Å². The zero-order chi connectivity index (χ0) is 24.3. The van der Waals surface area contributed by atoms with E-state index in [9.17, 15) is 19.2 Å². The van der Waals surface area contributed by atoms with Crippen molar-refractivity contribution in [2.45, 2.75) is 63.7 Å². The van der Waals surface area contributed by atoms with Gasteiger partial charge in [-0.2, -0.15) is 0 Å². The second-order valence-electron chi connectivity index (χ2n) is 9.12. The van der Waals surface area contributed by atoms with Gasteiger partial charge in [0.05, 0.1) is 46.1 Å². The summed E-state index contributed by atoms with van der Waals surface area (Å²) < 4.78 is 0.799. The van der Waals surface area contributed by atoms with Gasteiger partial charge in [-0.15, -0.1) is 0 Å². The molecule has 32 heavy (non-hydrogen) atoms. The van der Waals surface area contributed by atoms with Crippen molar-refractivity contribution >= 4 is 24.0 Å². The molecule has 4 atom stereocenters. The number of H-pyrrole nitrogens is 1. The summed E-state index contributed by atoms with van der Waals surface area (Å²) >= 11 is 0. The topological polar surface area (TPSA) is 159 Å². The van der Waals surface area contributed by atoms with Crippen LogP contribution in [0.5, 0.6) is 0 Å². The molecule has 1 aromatic heterocycles.